The molecule has 0 aliphatic heterocycles. The van der Waals surface area contributed by atoms with Gasteiger partial charge < -0.3 is 0 Å². The van der Waals surface area contributed by atoms with Gasteiger partial charge in [0.25, 0.3) is 0 Å². The Labute approximate surface area is 105 Å². The summed E-state index contributed by atoms with van der Waals surface area (Å²) in [5.41, 5.74) is 0. The first-order chi connectivity index (χ1) is 7.57. The van der Waals surface area contributed by atoms with Crippen molar-refractivity contribution in [2.45, 2.75) is 30.7 Å². The third-order valence-corrected chi connectivity index (χ3v) is 5.73. The van der Waals surface area contributed by atoms with Crippen LogP contribution in [0.3, 0.4) is 0 Å². The van der Waals surface area contributed by atoms with Gasteiger partial charge in [0.2, 0.25) is 10.0 Å². The molecule has 1 aliphatic rings. The van der Waals surface area contributed by atoms with E-state index in [1.807, 2.05) is 13.0 Å². The van der Waals surface area contributed by atoms with E-state index in [2.05, 4.69) is 15.9 Å². The molecule has 0 amide bonds. The first kappa shape index (κ1) is 12.1. The number of hydrogen-bond acceptors (Lipinski definition) is 2. The van der Waals surface area contributed by atoms with Crippen LogP contribution in [-0.2, 0) is 10.0 Å². The van der Waals surface area contributed by atoms with Crippen LogP contribution in [0.1, 0.15) is 19.8 Å². The summed E-state index contributed by atoms with van der Waals surface area (Å²) < 4.78 is 26.9. The molecule has 3 nitrogen and oxygen atoms in total. The van der Waals surface area contributed by atoms with E-state index in [-0.39, 0.29) is 6.04 Å². The molecule has 0 heterocycles. The van der Waals surface area contributed by atoms with Gasteiger partial charge in [0.1, 0.15) is 0 Å². The van der Waals surface area contributed by atoms with Gasteiger partial charge in [-0.05, 0) is 40.9 Å². The predicted molar refractivity (Wildman–Crippen MR) is 66.7 cm³/mol. The van der Waals surface area contributed by atoms with Crippen molar-refractivity contribution in [2.24, 2.45) is 0 Å². The second-order valence-corrected chi connectivity index (χ2v) is 6.58. The largest absolute Gasteiger partial charge is 0.244 e. The zero-order valence-corrected chi connectivity index (χ0v) is 11.5. The topological polar surface area (TPSA) is 37.4 Å². The van der Waals surface area contributed by atoms with Gasteiger partial charge in [-0.2, -0.15) is 4.31 Å². The molecule has 88 valence electrons. The van der Waals surface area contributed by atoms with Crippen molar-refractivity contribution in [3.8, 4) is 0 Å². The lowest BCUT2D eigenvalue weighted by Gasteiger charge is -2.20. The van der Waals surface area contributed by atoms with Gasteiger partial charge in [-0.15, -0.1) is 0 Å². The first-order valence-corrected chi connectivity index (χ1v) is 7.57. The maximum absolute atomic E-state index is 12.4. The molecule has 16 heavy (non-hydrogen) atoms. The number of sulfonamides is 1. The van der Waals surface area contributed by atoms with Gasteiger partial charge in [0.15, 0.2) is 0 Å². The molecular formula is C11H14BrNO2S. The minimum atomic E-state index is -3.33. The Bertz CT molecular complexity index is 483. The van der Waals surface area contributed by atoms with Crippen LogP contribution in [-0.4, -0.2) is 25.3 Å². The molecule has 2 rings (SSSR count). The lowest BCUT2D eigenvalue weighted by Crippen LogP contribution is -2.33. The van der Waals surface area contributed by atoms with Gasteiger partial charge >= 0.3 is 0 Å². The summed E-state index contributed by atoms with van der Waals surface area (Å²) in [6, 6.07) is 7.18. The van der Waals surface area contributed by atoms with Gasteiger partial charge in [0, 0.05) is 17.1 Å². The van der Waals surface area contributed by atoms with Crippen LogP contribution in [0.15, 0.2) is 33.6 Å². The molecule has 0 atom stereocenters. The van der Waals surface area contributed by atoms with Crippen LogP contribution in [0.5, 0.6) is 0 Å². The van der Waals surface area contributed by atoms with Crippen LogP contribution in [0.2, 0.25) is 0 Å². The number of halogens is 1. The van der Waals surface area contributed by atoms with Crippen molar-refractivity contribution in [1.29, 1.82) is 0 Å². The normalized spacial score (nSPS) is 16.7. The second-order valence-electron chi connectivity index (χ2n) is 3.87. The molecule has 1 aliphatic carbocycles. The van der Waals surface area contributed by atoms with E-state index in [1.165, 1.54) is 0 Å². The fraction of sp³-hybridized carbons (Fsp3) is 0.455. The van der Waals surface area contributed by atoms with Crippen molar-refractivity contribution in [2.75, 3.05) is 6.54 Å². The van der Waals surface area contributed by atoms with E-state index in [1.54, 1.807) is 22.5 Å². The quantitative estimate of drug-likeness (QED) is 0.857. The zero-order valence-electron chi connectivity index (χ0n) is 9.06. The van der Waals surface area contributed by atoms with Crippen LogP contribution in [0, 0.1) is 0 Å². The van der Waals surface area contributed by atoms with Gasteiger partial charge in [0.05, 0.1) is 4.90 Å². The average molecular weight is 304 g/mol. The Kier molecular flexibility index (Phi) is 3.37. The maximum atomic E-state index is 12.4. The number of rotatable bonds is 4. The minimum absolute atomic E-state index is 0.210. The summed E-state index contributed by atoms with van der Waals surface area (Å²) in [5, 5.41) is 0. The first-order valence-electron chi connectivity index (χ1n) is 5.33. The number of benzene rings is 1. The van der Waals surface area contributed by atoms with Gasteiger partial charge in [-0.1, -0.05) is 19.1 Å². The molecule has 1 fully saturated rings. The van der Waals surface area contributed by atoms with Crippen molar-refractivity contribution in [3.05, 3.63) is 28.7 Å². The summed E-state index contributed by atoms with van der Waals surface area (Å²) in [4.78, 5) is 0.365. The molecule has 0 radical (unpaired) electrons. The molecule has 0 N–H and O–H groups in total. The maximum Gasteiger partial charge on any atom is 0.244 e. The van der Waals surface area contributed by atoms with E-state index in [9.17, 15) is 8.42 Å². The SMILES string of the molecule is CCN(C1CC1)S(=O)(=O)c1ccccc1Br. The highest BCUT2D eigenvalue weighted by molar-refractivity contribution is 9.10. The van der Waals surface area contributed by atoms with Crippen molar-refractivity contribution < 1.29 is 8.42 Å². The van der Waals surface area contributed by atoms with Crippen LogP contribution >= 0.6 is 15.9 Å². The van der Waals surface area contributed by atoms with E-state index in [0.29, 0.717) is 15.9 Å². The van der Waals surface area contributed by atoms with E-state index >= 15 is 0 Å². The highest BCUT2D eigenvalue weighted by Gasteiger charge is 2.37. The second kappa shape index (κ2) is 4.47. The van der Waals surface area contributed by atoms with E-state index in [0.717, 1.165) is 12.8 Å². The average Bonchev–Trinajstić information content (AvgIpc) is 3.03. The molecule has 0 aromatic heterocycles. The molecule has 1 saturated carbocycles. The highest BCUT2D eigenvalue weighted by atomic mass is 79.9. The Balaban J connectivity index is 2.41. The number of nitrogens with zero attached hydrogens (tertiary/aromatic N) is 1. The monoisotopic (exact) mass is 303 g/mol. The minimum Gasteiger partial charge on any atom is -0.207 e. The zero-order chi connectivity index (χ0) is 11.8. The Morgan fingerprint density at radius 3 is 2.50 bits per heavy atom. The predicted octanol–water partition coefficient (Wildman–Crippen LogP) is 2.62. The lowest BCUT2D eigenvalue weighted by molar-refractivity contribution is 0.420. The Morgan fingerprint density at radius 2 is 2.00 bits per heavy atom. The summed E-state index contributed by atoms with van der Waals surface area (Å²) in [6.07, 6.45) is 1.97. The van der Waals surface area contributed by atoms with E-state index < -0.39 is 10.0 Å². The van der Waals surface area contributed by atoms with Crippen molar-refractivity contribution in [1.82, 2.24) is 4.31 Å². The van der Waals surface area contributed by atoms with Crippen LogP contribution < -0.4 is 0 Å². The summed E-state index contributed by atoms with van der Waals surface area (Å²) in [7, 11) is -3.33. The fourth-order valence-electron chi connectivity index (χ4n) is 1.77. The van der Waals surface area contributed by atoms with Crippen molar-refractivity contribution >= 4 is 26.0 Å². The van der Waals surface area contributed by atoms with E-state index in [4.69, 9.17) is 0 Å². The molecule has 1 aromatic rings. The molecule has 0 spiro atoms. The van der Waals surface area contributed by atoms with Crippen LogP contribution in [0.25, 0.3) is 0 Å². The van der Waals surface area contributed by atoms with Gasteiger partial charge in [-0.3, -0.25) is 0 Å². The van der Waals surface area contributed by atoms with Crippen molar-refractivity contribution in [3.63, 3.8) is 0 Å². The highest BCUT2D eigenvalue weighted by Crippen LogP contribution is 2.33. The third-order valence-electron chi connectivity index (χ3n) is 2.69. The standard InChI is InChI=1S/C11H14BrNO2S/c1-2-13(9-7-8-9)16(14,15)11-6-4-3-5-10(11)12/h3-6,9H,2,7-8H2,1H3. The molecular weight excluding hydrogens is 290 g/mol. The third kappa shape index (κ3) is 2.17. The molecule has 5 heteroatoms. The Hall–Kier alpha value is -0.390. The fourth-order valence-corrected chi connectivity index (χ4v) is 4.43. The summed E-state index contributed by atoms with van der Waals surface area (Å²) in [6.45, 7) is 2.42. The van der Waals surface area contributed by atoms with Crippen LogP contribution in [0.4, 0.5) is 0 Å². The Morgan fingerprint density at radius 1 is 1.38 bits per heavy atom. The smallest absolute Gasteiger partial charge is 0.207 e. The molecule has 0 saturated heterocycles. The van der Waals surface area contributed by atoms with Gasteiger partial charge in [-0.25, -0.2) is 8.42 Å². The summed E-state index contributed by atoms with van der Waals surface area (Å²) in [5.74, 6) is 0. The molecule has 0 bridgehead atoms. The number of hydrogen-bond donors (Lipinski definition) is 0. The molecule has 1 aromatic carbocycles. The lowest BCUT2D eigenvalue weighted by atomic mass is 10.4. The molecule has 0 unspecified atom stereocenters. The summed E-state index contributed by atoms with van der Waals surface area (Å²) >= 11 is 3.29.